The quantitative estimate of drug-likeness (QED) is 0.748. The van der Waals surface area contributed by atoms with Crippen LogP contribution in [0.5, 0.6) is 0 Å². The van der Waals surface area contributed by atoms with E-state index in [9.17, 15) is 4.79 Å². The van der Waals surface area contributed by atoms with Crippen molar-refractivity contribution in [3.8, 4) is 0 Å². The Morgan fingerprint density at radius 2 is 1.67 bits per heavy atom. The molecule has 0 bridgehead atoms. The van der Waals surface area contributed by atoms with E-state index in [0.717, 1.165) is 51.5 Å². The van der Waals surface area contributed by atoms with Crippen LogP contribution in [0.1, 0.15) is 44.1 Å². The van der Waals surface area contributed by atoms with E-state index in [-0.39, 0.29) is 5.92 Å². The van der Waals surface area contributed by atoms with Gasteiger partial charge in [-0.3, -0.25) is 4.79 Å². The number of nitrogens with zero attached hydrogens (tertiary/aromatic N) is 3. The zero-order valence-electron chi connectivity index (χ0n) is 18.6. The van der Waals surface area contributed by atoms with Crippen LogP contribution in [0.25, 0.3) is 0 Å². The highest BCUT2D eigenvalue weighted by Crippen LogP contribution is 2.27. The molecular formula is C25H40N4O. The summed E-state index contributed by atoms with van der Waals surface area (Å²) in [4.78, 5) is 20.3. The Bertz CT molecular complexity index is 650. The lowest BCUT2D eigenvalue weighted by molar-refractivity contribution is -0.136. The molecule has 2 N–H and O–H groups in total. The van der Waals surface area contributed by atoms with Crippen LogP contribution in [-0.4, -0.2) is 79.0 Å². The van der Waals surface area contributed by atoms with E-state index in [2.05, 4.69) is 45.0 Å². The van der Waals surface area contributed by atoms with Crippen molar-refractivity contribution >= 4 is 5.91 Å². The maximum Gasteiger partial charge on any atom is 0.225 e. The minimum Gasteiger partial charge on any atom is -0.342 e. The topological polar surface area (TPSA) is 52.8 Å². The minimum atomic E-state index is 0.246. The number of amides is 1. The number of benzene rings is 1. The molecule has 1 atom stereocenters. The highest BCUT2D eigenvalue weighted by atomic mass is 16.2. The zero-order valence-corrected chi connectivity index (χ0v) is 18.6. The van der Waals surface area contributed by atoms with E-state index >= 15 is 0 Å². The number of piperidine rings is 2. The fraction of sp³-hybridized carbons (Fsp3) is 0.720. The highest BCUT2D eigenvalue weighted by molar-refractivity contribution is 5.79. The average molecular weight is 413 g/mol. The lowest BCUT2D eigenvalue weighted by Gasteiger charge is -2.42. The van der Waals surface area contributed by atoms with Crippen LogP contribution in [0.3, 0.4) is 0 Å². The van der Waals surface area contributed by atoms with Crippen molar-refractivity contribution in [2.75, 3.05) is 52.4 Å². The lowest BCUT2D eigenvalue weighted by Crippen LogP contribution is -2.49. The fourth-order valence-corrected chi connectivity index (χ4v) is 5.65. The molecule has 0 radical (unpaired) electrons. The van der Waals surface area contributed by atoms with Crippen LogP contribution in [0, 0.1) is 11.8 Å². The van der Waals surface area contributed by atoms with Crippen molar-refractivity contribution < 1.29 is 4.79 Å². The van der Waals surface area contributed by atoms with Gasteiger partial charge in [-0.05, 0) is 95.7 Å². The molecule has 1 aromatic rings. The summed E-state index contributed by atoms with van der Waals surface area (Å²) in [5, 5.41) is 0. The Morgan fingerprint density at radius 1 is 0.933 bits per heavy atom. The van der Waals surface area contributed by atoms with E-state index in [1.807, 2.05) is 0 Å². The first-order chi connectivity index (χ1) is 14.7. The van der Waals surface area contributed by atoms with Gasteiger partial charge in [-0.1, -0.05) is 30.3 Å². The molecule has 30 heavy (non-hydrogen) atoms. The van der Waals surface area contributed by atoms with Crippen LogP contribution < -0.4 is 5.73 Å². The second kappa shape index (κ2) is 10.7. The molecular weight excluding hydrogens is 372 g/mol. The van der Waals surface area contributed by atoms with E-state index in [1.54, 1.807) is 0 Å². The summed E-state index contributed by atoms with van der Waals surface area (Å²) in [6.07, 6.45) is 8.18. The third kappa shape index (κ3) is 5.63. The third-order valence-electron chi connectivity index (χ3n) is 7.67. The number of carbonyl (C=O) groups excluding carboxylic acids is 1. The molecule has 0 aromatic heterocycles. The molecule has 0 aliphatic carbocycles. The largest absolute Gasteiger partial charge is 0.342 e. The van der Waals surface area contributed by atoms with Gasteiger partial charge in [0.25, 0.3) is 0 Å². The first-order valence-corrected chi connectivity index (χ1v) is 12.2. The number of hydrogen-bond donors (Lipinski definition) is 1. The number of aryl methyl sites for hydroxylation is 1. The molecule has 5 nitrogen and oxygen atoms in total. The molecule has 3 heterocycles. The molecule has 3 saturated heterocycles. The van der Waals surface area contributed by atoms with Crippen molar-refractivity contribution in [3.05, 3.63) is 35.9 Å². The molecule has 1 amide bonds. The fourth-order valence-electron chi connectivity index (χ4n) is 5.65. The standard InChI is InChI=1S/C25H40N4O/c26-19-22-8-16-29(20-22)25(30)23-9-17-28(18-10-23)24-11-14-27(15-12-24)13-4-7-21-5-2-1-3-6-21/h1-3,5-6,22-24H,4,7-20,26H2/t22-/m1/s1. The van der Waals surface area contributed by atoms with E-state index in [0.29, 0.717) is 18.4 Å². The number of nitrogens with two attached hydrogens (primary N) is 1. The Morgan fingerprint density at radius 3 is 2.33 bits per heavy atom. The van der Waals surface area contributed by atoms with Gasteiger partial charge in [0.1, 0.15) is 0 Å². The van der Waals surface area contributed by atoms with Crippen molar-refractivity contribution in [3.63, 3.8) is 0 Å². The zero-order chi connectivity index (χ0) is 20.8. The highest BCUT2D eigenvalue weighted by Gasteiger charge is 2.34. The smallest absolute Gasteiger partial charge is 0.225 e. The normalized spacial score (nSPS) is 25.1. The average Bonchev–Trinajstić information content (AvgIpc) is 3.29. The van der Waals surface area contributed by atoms with Gasteiger partial charge in [-0.2, -0.15) is 0 Å². The van der Waals surface area contributed by atoms with E-state index in [1.165, 1.54) is 50.9 Å². The summed E-state index contributed by atoms with van der Waals surface area (Å²) in [5.74, 6) is 1.17. The van der Waals surface area contributed by atoms with E-state index < -0.39 is 0 Å². The molecule has 3 aliphatic heterocycles. The van der Waals surface area contributed by atoms with Crippen molar-refractivity contribution in [2.24, 2.45) is 17.6 Å². The van der Waals surface area contributed by atoms with Gasteiger partial charge in [0, 0.05) is 25.0 Å². The molecule has 1 aromatic carbocycles. The number of carbonyl (C=O) groups is 1. The Labute approximate surface area is 182 Å². The van der Waals surface area contributed by atoms with Crippen LogP contribution in [0.15, 0.2) is 30.3 Å². The summed E-state index contributed by atoms with van der Waals surface area (Å²) < 4.78 is 0. The Kier molecular flexibility index (Phi) is 7.80. The Balaban J connectivity index is 1.13. The monoisotopic (exact) mass is 412 g/mol. The van der Waals surface area contributed by atoms with Gasteiger partial charge in [-0.15, -0.1) is 0 Å². The van der Waals surface area contributed by atoms with Gasteiger partial charge in [0.2, 0.25) is 5.91 Å². The predicted molar refractivity (Wildman–Crippen MR) is 122 cm³/mol. The lowest BCUT2D eigenvalue weighted by atomic mass is 9.92. The van der Waals surface area contributed by atoms with Gasteiger partial charge in [-0.25, -0.2) is 0 Å². The molecule has 0 unspecified atom stereocenters. The Hall–Kier alpha value is -1.43. The molecule has 0 saturated carbocycles. The van der Waals surface area contributed by atoms with Crippen molar-refractivity contribution in [2.45, 2.75) is 51.0 Å². The van der Waals surface area contributed by atoms with Gasteiger partial charge in [0.05, 0.1) is 0 Å². The predicted octanol–water partition coefficient (Wildman–Crippen LogP) is 2.60. The van der Waals surface area contributed by atoms with Crippen molar-refractivity contribution in [1.82, 2.24) is 14.7 Å². The maximum absolute atomic E-state index is 12.9. The van der Waals surface area contributed by atoms with Crippen LogP contribution in [-0.2, 0) is 11.2 Å². The summed E-state index contributed by atoms with van der Waals surface area (Å²) in [5.41, 5.74) is 7.25. The molecule has 5 heteroatoms. The van der Waals surface area contributed by atoms with Gasteiger partial charge >= 0.3 is 0 Å². The minimum absolute atomic E-state index is 0.246. The summed E-state index contributed by atoms with van der Waals surface area (Å²) in [7, 11) is 0. The number of rotatable bonds is 7. The summed E-state index contributed by atoms with van der Waals surface area (Å²) in [6, 6.07) is 11.6. The van der Waals surface area contributed by atoms with Crippen LogP contribution in [0.2, 0.25) is 0 Å². The second-order valence-electron chi connectivity index (χ2n) is 9.65. The summed E-state index contributed by atoms with van der Waals surface area (Å²) in [6.45, 7) is 8.40. The molecule has 3 fully saturated rings. The first-order valence-electron chi connectivity index (χ1n) is 12.2. The second-order valence-corrected chi connectivity index (χ2v) is 9.65. The molecule has 3 aliphatic rings. The molecule has 4 rings (SSSR count). The van der Waals surface area contributed by atoms with E-state index in [4.69, 9.17) is 5.73 Å². The van der Waals surface area contributed by atoms with Crippen LogP contribution >= 0.6 is 0 Å². The van der Waals surface area contributed by atoms with Gasteiger partial charge < -0.3 is 20.4 Å². The number of likely N-dealkylation sites (tertiary alicyclic amines) is 3. The molecule has 0 spiro atoms. The molecule has 166 valence electrons. The van der Waals surface area contributed by atoms with Crippen molar-refractivity contribution in [1.29, 1.82) is 0 Å². The summed E-state index contributed by atoms with van der Waals surface area (Å²) >= 11 is 0. The van der Waals surface area contributed by atoms with Gasteiger partial charge in [0.15, 0.2) is 0 Å². The maximum atomic E-state index is 12.9. The van der Waals surface area contributed by atoms with Crippen LogP contribution in [0.4, 0.5) is 0 Å². The number of hydrogen-bond acceptors (Lipinski definition) is 4. The third-order valence-corrected chi connectivity index (χ3v) is 7.67. The first kappa shape index (κ1) is 21.8. The SMILES string of the molecule is NC[C@H]1CCN(C(=O)C2CCN(C3CCN(CCCc4ccccc4)CC3)CC2)C1.